The highest BCUT2D eigenvalue weighted by molar-refractivity contribution is 5.94. The molecule has 1 aliphatic heterocycles. The molecule has 1 saturated carbocycles. The Kier molecular flexibility index (Phi) is 7.82. The Bertz CT molecular complexity index is 985. The first-order valence-corrected chi connectivity index (χ1v) is 12.5. The van der Waals surface area contributed by atoms with Crippen LogP contribution in [0.1, 0.15) is 61.4 Å². The Balaban J connectivity index is 1.57. The third-order valence-electron chi connectivity index (χ3n) is 7.14. The van der Waals surface area contributed by atoms with Crippen LogP contribution in [-0.2, 0) is 0 Å². The number of aryl methyl sites for hydroxylation is 1. The Hall–Kier alpha value is -2.94. The molecule has 2 atom stereocenters. The normalized spacial score (nSPS) is 19.6. The molecule has 1 aromatic heterocycles. The molecule has 1 aliphatic carbocycles. The molecule has 9 heteroatoms. The molecule has 184 valence electrons. The smallest absolute Gasteiger partial charge is 0.248 e. The zero-order valence-electron chi connectivity index (χ0n) is 20.6. The number of carbonyl (C=O) groups is 1. The van der Waals surface area contributed by atoms with E-state index in [-0.39, 0.29) is 6.04 Å². The first kappa shape index (κ1) is 24.2. The third kappa shape index (κ3) is 6.14. The third-order valence-corrected chi connectivity index (χ3v) is 7.14. The van der Waals surface area contributed by atoms with Gasteiger partial charge in [0.15, 0.2) is 0 Å². The predicted octanol–water partition coefficient (Wildman–Crippen LogP) is 3.45. The molecule has 1 amide bonds. The number of rotatable bonds is 9. The van der Waals surface area contributed by atoms with Crippen LogP contribution >= 0.6 is 0 Å². The fraction of sp³-hybridized carbons (Fsp3) is 0.600. The topological polar surface area (TPSA) is 121 Å². The van der Waals surface area contributed by atoms with Crippen LogP contribution in [0, 0.1) is 18.8 Å². The second kappa shape index (κ2) is 11.0. The summed E-state index contributed by atoms with van der Waals surface area (Å²) >= 11 is 0. The van der Waals surface area contributed by atoms with Gasteiger partial charge in [0.25, 0.3) is 0 Å². The summed E-state index contributed by atoms with van der Waals surface area (Å²) in [6.45, 7) is 7.08. The molecule has 9 nitrogen and oxygen atoms in total. The summed E-state index contributed by atoms with van der Waals surface area (Å²) in [5, 5.41) is 10.1. The highest BCUT2D eigenvalue weighted by atomic mass is 16.1. The molecular formula is C25H38N8O. The average molecular weight is 467 g/mol. The lowest BCUT2D eigenvalue weighted by Gasteiger charge is -2.31. The molecule has 5 N–H and O–H groups in total. The van der Waals surface area contributed by atoms with E-state index in [0.29, 0.717) is 29.3 Å². The minimum Gasteiger partial charge on any atom is -0.366 e. The lowest BCUT2D eigenvalue weighted by atomic mass is 9.81. The largest absolute Gasteiger partial charge is 0.366 e. The Labute approximate surface area is 202 Å². The van der Waals surface area contributed by atoms with E-state index < -0.39 is 5.91 Å². The highest BCUT2D eigenvalue weighted by Gasteiger charge is 2.23. The van der Waals surface area contributed by atoms with Gasteiger partial charge in [-0.1, -0.05) is 45.1 Å². The monoisotopic (exact) mass is 466 g/mol. The highest BCUT2D eigenvalue weighted by Crippen LogP contribution is 2.31. The van der Waals surface area contributed by atoms with E-state index in [2.05, 4.69) is 39.8 Å². The first-order chi connectivity index (χ1) is 16.4. The van der Waals surface area contributed by atoms with Crippen LogP contribution in [0.2, 0.25) is 0 Å². The van der Waals surface area contributed by atoms with Gasteiger partial charge in [0, 0.05) is 37.4 Å². The molecular weight excluding hydrogens is 428 g/mol. The molecule has 0 bridgehead atoms. The van der Waals surface area contributed by atoms with Gasteiger partial charge in [-0.15, -0.1) is 0 Å². The maximum atomic E-state index is 11.7. The van der Waals surface area contributed by atoms with E-state index in [1.54, 1.807) is 12.1 Å². The van der Waals surface area contributed by atoms with E-state index in [1.807, 2.05) is 13.0 Å². The average Bonchev–Trinajstić information content (AvgIpc) is 3.33. The molecule has 2 heterocycles. The SMILES string of the molecule is Cc1ccc(C(N)=O)cc1Nc1nc(N[C@@H]2CCNC2)nc(N(C)C[C@@H](C)C2CCCCC2)n1. The molecule has 1 aromatic carbocycles. The van der Waals surface area contributed by atoms with Gasteiger partial charge in [0.2, 0.25) is 23.8 Å². The summed E-state index contributed by atoms with van der Waals surface area (Å²) in [6.07, 6.45) is 7.70. The van der Waals surface area contributed by atoms with Gasteiger partial charge < -0.3 is 26.6 Å². The second-order valence-electron chi connectivity index (χ2n) is 9.89. The first-order valence-electron chi connectivity index (χ1n) is 12.5. The Morgan fingerprint density at radius 3 is 2.65 bits per heavy atom. The van der Waals surface area contributed by atoms with Crippen LogP contribution in [-0.4, -0.2) is 53.6 Å². The molecule has 4 rings (SSSR count). The van der Waals surface area contributed by atoms with Gasteiger partial charge in [-0.05, 0) is 49.4 Å². The van der Waals surface area contributed by atoms with Gasteiger partial charge in [-0.25, -0.2) is 0 Å². The van der Waals surface area contributed by atoms with Crippen LogP contribution in [0.3, 0.4) is 0 Å². The number of carbonyl (C=O) groups excluding carboxylic acids is 1. The molecule has 0 spiro atoms. The zero-order chi connectivity index (χ0) is 24.1. The van der Waals surface area contributed by atoms with Gasteiger partial charge in [-0.2, -0.15) is 15.0 Å². The second-order valence-corrected chi connectivity index (χ2v) is 9.89. The summed E-state index contributed by atoms with van der Waals surface area (Å²) in [4.78, 5) is 27.9. The number of nitrogens with two attached hydrogens (primary N) is 1. The molecule has 0 radical (unpaired) electrons. The Morgan fingerprint density at radius 1 is 1.18 bits per heavy atom. The predicted molar refractivity (Wildman–Crippen MR) is 137 cm³/mol. The fourth-order valence-corrected chi connectivity index (χ4v) is 5.01. The summed E-state index contributed by atoms with van der Waals surface area (Å²) in [5.74, 6) is 2.51. The minimum atomic E-state index is -0.466. The molecule has 2 aliphatic rings. The number of hydrogen-bond acceptors (Lipinski definition) is 8. The number of primary amides is 1. The van der Waals surface area contributed by atoms with Gasteiger partial charge in [-0.3, -0.25) is 4.79 Å². The van der Waals surface area contributed by atoms with Crippen molar-refractivity contribution in [1.29, 1.82) is 0 Å². The Morgan fingerprint density at radius 2 is 1.94 bits per heavy atom. The zero-order valence-corrected chi connectivity index (χ0v) is 20.6. The van der Waals surface area contributed by atoms with Gasteiger partial charge >= 0.3 is 0 Å². The quantitative estimate of drug-likeness (QED) is 0.443. The number of hydrogen-bond donors (Lipinski definition) is 4. The number of amides is 1. The van der Waals surface area contributed by atoms with Crippen molar-refractivity contribution in [2.24, 2.45) is 17.6 Å². The van der Waals surface area contributed by atoms with Gasteiger partial charge in [0.1, 0.15) is 0 Å². The molecule has 2 fully saturated rings. The van der Waals surface area contributed by atoms with E-state index >= 15 is 0 Å². The van der Waals surface area contributed by atoms with Crippen LogP contribution in [0.4, 0.5) is 23.5 Å². The summed E-state index contributed by atoms with van der Waals surface area (Å²) in [7, 11) is 2.05. The van der Waals surface area contributed by atoms with Crippen molar-refractivity contribution in [1.82, 2.24) is 20.3 Å². The van der Waals surface area contributed by atoms with Crippen LogP contribution in [0.5, 0.6) is 0 Å². The maximum absolute atomic E-state index is 11.7. The van der Waals surface area contributed by atoms with E-state index in [1.165, 1.54) is 32.1 Å². The number of nitrogens with zero attached hydrogens (tertiary/aromatic N) is 4. The number of nitrogens with one attached hydrogen (secondary N) is 3. The van der Waals surface area contributed by atoms with Gasteiger partial charge in [0.05, 0.1) is 0 Å². The van der Waals surface area contributed by atoms with Crippen molar-refractivity contribution in [2.45, 2.75) is 58.4 Å². The van der Waals surface area contributed by atoms with Crippen LogP contribution in [0.15, 0.2) is 18.2 Å². The van der Waals surface area contributed by atoms with Crippen molar-refractivity contribution >= 4 is 29.4 Å². The van der Waals surface area contributed by atoms with E-state index in [4.69, 9.17) is 15.7 Å². The minimum absolute atomic E-state index is 0.287. The maximum Gasteiger partial charge on any atom is 0.248 e. The lowest BCUT2D eigenvalue weighted by Crippen LogP contribution is -2.31. The number of anilines is 4. The fourth-order valence-electron chi connectivity index (χ4n) is 5.01. The molecule has 34 heavy (non-hydrogen) atoms. The summed E-state index contributed by atoms with van der Waals surface area (Å²) in [6, 6.07) is 5.62. The molecule has 0 unspecified atom stereocenters. The van der Waals surface area contributed by atoms with Crippen molar-refractivity contribution in [3.05, 3.63) is 29.3 Å². The lowest BCUT2D eigenvalue weighted by molar-refractivity contribution is 0.100. The molecule has 2 aromatic rings. The molecule has 1 saturated heterocycles. The number of aromatic nitrogens is 3. The van der Waals surface area contributed by atoms with E-state index in [9.17, 15) is 4.79 Å². The van der Waals surface area contributed by atoms with Crippen LogP contribution in [0.25, 0.3) is 0 Å². The van der Waals surface area contributed by atoms with Crippen molar-refractivity contribution < 1.29 is 4.79 Å². The standard InChI is InChI=1S/C25H38N8O/c1-16-9-10-19(22(26)34)13-21(16)29-24-30-23(28-20-11-12-27-14-20)31-25(32-24)33(3)15-17(2)18-7-5-4-6-8-18/h9-10,13,17-18,20,27H,4-8,11-12,14-15H2,1-3H3,(H2,26,34)(H2,28,29,30,31,32)/t17-,20-/m1/s1. The van der Waals surface area contributed by atoms with Crippen LogP contribution < -0.4 is 26.6 Å². The number of benzene rings is 1. The van der Waals surface area contributed by atoms with E-state index in [0.717, 1.165) is 43.2 Å². The van der Waals surface area contributed by atoms with Crippen molar-refractivity contribution in [2.75, 3.05) is 42.2 Å². The van der Waals surface area contributed by atoms with Crippen molar-refractivity contribution in [3.8, 4) is 0 Å². The van der Waals surface area contributed by atoms with Crippen molar-refractivity contribution in [3.63, 3.8) is 0 Å². The summed E-state index contributed by atoms with van der Waals surface area (Å²) < 4.78 is 0. The summed E-state index contributed by atoms with van der Waals surface area (Å²) in [5.41, 5.74) is 7.65.